The fraction of sp³-hybridized carbons (Fsp3) is 0.700. The van der Waals surface area contributed by atoms with E-state index in [4.69, 9.17) is 0 Å². The van der Waals surface area contributed by atoms with Gasteiger partial charge in [-0.15, -0.1) is 5.10 Å². The van der Waals surface area contributed by atoms with Crippen LogP contribution in [0.15, 0.2) is 0 Å². The van der Waals surface area contributed by atoms with Crippen LogP contribution in [0.3, 0.4) is 0 Å². The Labute approximate surface area is 103 Å². The molecule has 0 unspecified atom stereocenters. The molecule has 0 saturated carbocycles. The van der Waals surface area contributed by atoms with E-state index in [0.29, 0.717) is 5.82 Å². The fourth-order valence-corrected chi connectivity index (χ4v) is 1.12. The van der Waals surface area contributed by atoms with Crippen LogP contribution >= 0.6 is 0 Å². The number of hydrogen-bond acceptors (Lipinski definition) is 4. The zero-order chi connectivity index (χ0) is 13.5. The molecule has 6 nitrogen and oxygen atoms in total. The summed E-state index contributed by atoms with van der Waals surface area (Å²) in [5.41, 5.74) is 0. The Hall–Kier alpha value is -1.57. The van der Waals surface area contributed by atoms with E-state index >= 15 is 0 Å². The number of alkyl halides is 2. The Morgan fingerprint density at radius 1 is 1.50 bits per heavy atom. The fourth-order valence-electron chi connectivity index (χ4n) is 1.12. The number of amides is 1. The summed E-state index contributed by atoms with van der Waals surface area (Å²) in [6.45, 7) is 3.36. The van der Waals surface area contributed by atoms with Gasteiger partial charge in [-0.3, -0.25) is 9.89 Å². The van der Waals surface area contributed by atoms with Gasteiger partial charge < -0.3 is 10.1 Å². The Balaban J connectivity index is 2.27. The minimum atomic E-state index is -2.50. The van der Waals surface area contributed by atoms with Crippen molar-refractivity contribution in [1.29, 1.82) is 0 Å². The van der Waals surface area contributed by atoms with Crippen LogP contribution in [0, 0.1) is 0 Å². The second-order valence-electron chi connectivity index (χ2n) is 3.92. The highest BCUT2D eigenvalue weighted by atomic mass is 19.3. The first kappa shape index (κ1) is 14.5. The van der Waals surface area contributed by atoms with Crippen LogP contribution in [0.2, 0.25) is 0 Å². The summed E-state index contributed by atoms with van der Waals surface area (Å²) in [5.74, 6) is 0.342. The molecule has 0 saturated heterocycles. The summed E-state index contributed by atoms with van der Waals surface area (Å²) in [6.07, 6.45) is -2.50. The monoisotopic (exact) mass is 262 g/mol. The number of ether oxygens (including phenoxy) is 1. The van der Waals surface area contributed by atoms with Gasteiger partial charge in [-0.2, -0.15) is 0 Å². The second-order valence-corrected chi connectivity index (χ2v) is 3.92. The summed E-state index contributed by atoms with van der Waals surface area (Å²) >= 11 is 0. The third kappa shape index (κ3) is 4.74. The van der Waals surface area contributed by atoms with E-state index in [0.717, 1.165) is 0 Å². The molecule has 0 aliphatic heterocycles. The predicted octanol–water partition coefficient (Wildman–Crippen LogP) is 0.940. The lowest BCUT2D eigenvalue weighted by Crippen LogP contribution is -2.28. The number of aromatic amines is 1. The predicted molar refractivity (Wildman–Crippen MR) is 59.6 cm³/mol. The van der Waals surface area contributed by atoms with E-state index in [-0.39, 0.29) is 24.9 Å². The van der Waals surface area contributed by atoms with E-state index < -0.39 is 18.9 Å². The Morgan fingerprint density at radius 2 is 2.22 bits per heavy atom. The minimum absolute atomic E-state index is 0.0253. The molecule has 1 heterocycles. The van der Waals surface area contributed by atoms with Crippen LogP contribution in [-0.2, 0) is 4.74 Å². The lowest BCUT2D eigenvalue weighted by atomic mass is 10.2. The lowest BCUT2D eigenvalue weighted by molar-refractivity contribution is 0.0188. The maximum atomic E-state index is 11.7. The molecule has 0 aliphatic carbocycles. The maximum absolute atomic E-state index is 11.7. The molecule has 0 spiro atoms. The van der Waals surface area contributed by atoms with Gasteiger partial charge in [0.05, 0.1) is 6.61 Å². The van der Waals surface area contributed by atoms with Crippen molar-refractivity contribution >= 4 is 5.91 Å². The molecular formula is C10H16F2N4O2. The van der Waals surface area contributed by atoms with E-state index in [2.05, 4.69) is 25.2 Å². The highest BCUT2D eigenvalue weighted by Crippen LogP contribution is 2.07. The third-order valence-corrected chi connectivity index (χ3v) is 2.03. The number of hydrogen-bond donors (Lipinski definition) is 2. The molecule has 1 aromatic heterocycles. The highest BCUT2D eigenvalue weighted by Gasteiger charge is 2.13. The summed E-state index contributed by atoms with van der Waals surface area (Å²) < 4.78 is 28.1. The molecule has 2 N–H and O–H groups in total. The molecule has 0 fully saturated rings. The van der Waals surface area contributed by atoms with Gasteiger partial charge in [-0.1, -0.05) is 13.8 Å². The van der Waals surface area contributed by atoms with Crippen molar-refractivity contribution in [2.24, 2.45) is 0 Å². The Morgan fingerprint density at radius 3 is 2.78 bits per heavy atom. The van der Waals surface area contributed by atoms with Crippen molar-refractivity contribution < 1.29 is 18.3 Å². The molecule has 8 heteroatoms. The van der Waals surface area contributed by atoms with Gasteiger partial charge in [0.15, 0.2) is 0 Å². The SMILES string of the molecule is CC(C)c1nc(C(=O)NCCOCC(F)F)n[nH]1. The standard InChI is InChI=1S/C10H16F2N4O2/c1-6(2)8-14-9(16-15-8)10(17)13-3-4-18-5-7(11)12/h6-7H,3-5H2,1-2H3,(H,13,17)(H,14,15,16). The summed E-state index contributed by atoms with van der Waals surface area (Å²) in [4.78, 5) is 15.5. The summed E-state index contributed by atoms with van der Waals surface area (Å²) in [6, 6.07) is 0. The number of nitrogens with zero attached hydrogens (tertiary/aromatic N) is 2. The molecule has 1 amide bonds. The lowest BCUT2D eigenvalue weighted by Gasteiger charge is -2.04. The molecule has 0 radical (unpaired) electrons. The molecule has 102 valence electrons. The third-order valence-electron chi connectivity index (χ3n) is 2.03. The van der Waals surface area contributed by atoms with Crippen LogP contribution in [-0.4, -0.2) is 47.3 Å². The number of carbonyl (C=O) groups is 1. The smallest absolute Gasteiger partial charge is 0.291 e. The van der Waals surface area contributed by atoms with Crippen LogP contribution in [0.4, 0.5) is 8.78 Å². The second kappa shape index (κ2) is 7.00. The summed E-state index contributed by atoms with van der Waals surface area (Å²) in [5, 5.41) is 8.88. The highest BCUT2D eigenvalue weighted by molar-refractivity contribution is 5.90. The molecule has 0 atom stereocenters. The van der Waals surface area contributed by atoms with Crippen LogP contribution in [0.5, 0.6) is 0 Å². The zero-order valence-electron chi connectivity index (χ0n) is 10.2. The molecular weight excluding hydrogens is 246 g/mol. The normalized spacial score (nSPS) is 11.2. The number of nitrogens with one attached hydrogen (secondary N) is 2. The molecule has 18 heavy (non-hydrogen) atoms. The Kier molecular flexibility index (Phi) is 5.63. The van der Waals surface area contributed by atoms with Gasteiger partial charge in [0.25, 0.3) is 12.3 Å². The molecule has 1 rings (SSSR count). The topological polar surface area (TPSA) is 79.9 Å². The van der Waals surface area contributed by atoms with Gasteiger partial charge in [0.2, 0.25) is 5.82 Å². The largest absolute Gasteiger partial charge is 0.374 e. The first-order chi connectivity index (χ1) is 8.50. The van der Waals surface area contributed by atoms with Crippen molar-refractivity contribution in [3.05, 3.63) is 11.6 Å². The molecule has 1 aromatic rings. The average molecular weight is 262 g/mol. The van der Waals surface area contributed by atoms with Gasteiger partial charge in [0, 0.05) is 12.5 Å². The average Bonchev–Trinajstić information content (AvgIpc) is 2.77. The van der Waals surface area contributed by atoms with Crippen LogP contribution < -0.4 is 5.32 Å². The Bertz CT molecular complexity index is 382. The molecule has 0 bridgehead atoms. The first-order valence-electron chi connectivity index (χ1n) is 5.57. The number of aromatic nitrogens is 3. The quantitative estimate of drug-likeness (QED) is 0.717. The molecule has 0 aromatic carbocycles. The van der Waals surface area contributed by atoms with Crippen molar-refractivity contribution in [2.45, 2.75) is 26.2 Å². The number of H-pyrrole nitrogens is 1. The van der Waals surface area contributed by atoms with Crippen molar-refractivity contribution in [3.63, 3.8) is 0 Å². The van der Waals surface area contributed by atoms with Crippen molar-refractivity contribution in [2.75, 3.05) is 19.8 Å². The van der Waals surface area contributed by atoms with E-state index in [1.807, 2.05) is 13.8 Å². The van der Waals surface area contributed by atoms with Crippen LogP contribution in [0.25, 0.3) is 0 Å². The maximum Gasteiger partial charge on any atom is 0.291 e. The number of rotatable bonds is 7. The van der Waals surface area contributed by atoms with Gasteiger partial charge >= 0.3 is 0 Å². The van der Waals surface area contributed by atoms with Crippen molar-refractivity contribution in [1.82, 2.24) is 20.5 Å². The number of halogens is 2. The zero-order valence-corrected chi connectivity index (χ0v) is 10.2. The van der Waals surface area contributed by atoms with E-state index in [1.165, 1.54) is 0 Å². The van der Waals surface area contributed by atoms with Gasteiger partial charge in [0.1, 0.15) is 12.4 Å². The van der Waals surface area contributed by atoms with E-state index in [9.17, 15) is 13.6 Å². The van der Waals surface area contributed by atoms with E-state index in [1.54, 1.807) is 0 Å². The van der Waals surface area contributed by atoms with Crippen LogP contribution in [0.1, 0.15) is 36.2 Å². The van der Waals surface area contributed by atoms with Crippen molar-refractivity contribution in [3.8, 4) is 0 Å². The first-order valence-corrected chi connectivity index (χ1v) is 5.57. The summed E-state index contributed by atoms with van der Waals surface area (Å²) in [7, 11) is 0. The van der Waals surface area contributed by atoms with Gasteiger partial charge in [-0.05, 0) is 0 Å². The minimum Gasteiger partial charge on any atom is -0.374 e. The van der Waals surface area contributed by atoms with Gasteiger partial charge in [-0.25, -0.2) is 13.8 Å². The molecule has 0 aliphatic rings. The number of carbonyl (C=O) groups excluding carboxylic acids is 1.